The summed E-state index contributed by atoms with van der Waals surface area (Å²) in [5.74, 6) is 0.637. The Labute approximate surface area is 111 Å². The number of nitrogens with two attached hydrogens (primary N) is 1. The predicted octanol–water partition coefficient (Wildman–Crippen LogP) is 3.16. The van der Waals surface area contributed by atoms with Crippen molar-refractivity contribution in [3.8, 4) is 0 Å². The molecule has 18 heavy (non-hydrogen) atoms. The second-order valence-electron chi connectivity index (χ2n) is 6.49. The van der Waals surface area contributed by atoms with Gasteiger partial charge in [0.2, 0.25) is 0 Å². The molecule has 1 aliphatic heterocycles. The van der Waals surface area contributed by atoms with E-state index in [0.29, 0.717) is 12.0 Å². The van der Waals surface area contributed by atoms with Crippen molar-refractivity contribution in [1.29, 1.82) is 0 Å². The van der Waals surface area contributed by atoms with Crippen LogP contribution in [0.25, 0.3) is 0 Å². The fraction of sp³-hybridized carbons (Fsp3) is 0.625. The molecule has 2 unspecified atom stereocenters. The first kappa shape index (κ1) is 13.4. The Kier molecular flexibility index (Phi) is 3.67. The van der Waals surface area contributed by atoms with Crippen molar-refractivity contribution in [2.24, 2.45) is 11.7 Å². The molecule has 0 bridgehead atoms. The quantitative estimate of drug-likeness (QED) is 0.868. The van der Waals surface area contributed by atoms with E-state index in [2.05, 4.69) is 56.9 Å². The third-order valence-corrected chi connectivity index (χ3v) is 4.24. The summed E-state index contributed by atoms with van der Waals surface area (Å²) in [4.78, 5) is 2.54. The third kappa shape index (κ3) is 2.39. The molecule has 0 saturated carbocycles. The minimum Gasteiger partial charge on any atom is -0.368 e. The molecule has 0 spiro atoms. The van der Waals surface area contributed by atoms with E-state index in [9.17, 15) is 0 Å². The van der Waals surface area contributed by atoms with Crippen LogP contribution in [-0.4, -0.2) is 19.1 Å². The molecule has 2 heteroatoms. The van der Waals surface area contributed by atoms with E-state index < -0.39 is 0 Å². The van der Waals surface area contributed by atoms with Gasteiger partial charge in [-0.2, -0.15) is 0 Å². The van der Waals surface area contributed by atoms with Gasteiger partial charge in [0, 0.05) is 18.3 Å². The highest BCUT2D eigenvalue weighted by Gasteiger charge is 2.32. The molecular weight excluding hydrogens is 220 g/mol. The number of para-hydroxylation sites is 1. The second kappa shape index (κ2) is 4.93. The highest BCUT2D eigenvalue weighted by atomic mass is 15.2. The predicted molar refractivity (Wildman–Crippen MR) is 79.1 cm³/mol. The zero-order chi connectivity index (χ0) is 13.3. The van der Waals surface area contributed by atoms with Gasteiger partial charge in [-0.15, -0.1) is 0 Å². The van der Waals surface area contributed by atoms with E-state index in [0.717, 1.165) is 13.1 Å². The van der Waals surface area contributed by atoms with E-state index in [1.165, 1.54) is 17.7 Å². The van der Waals surface area contributed by atoms with Crippen LogP contribution in [0.1, 0.15) is 39.7 Å². The van der Waals surface area contributed by atoms with Gasteiger partial charge in [0.25, 0.3) is 0 Å². The van der Waals surface area contributed by atoms with Gasteiger partial charge in [0.15, 0.2) is 0 Å². The maximum absolute atomic E-state index is 5.86. The molecule has 1 aromatic rings. The van der Waals surface area contributed by atoms with Crippen molar-refractivity contribution < 1.29 is 0 Å². The van der Waals surface area contributed by atoms with Crippen LogP contribution < -0.4 is 10.6 Å². The number of rotatable bonds is 2. The number of hydrogen-bond donors (Lipinski definition) is 1. The molecule has 2 N–H and O–H groups in total. The Hall–Kier alpha value is -1.02. The number of nitrogens with zero attached hydrogens (tertiary/aromatic N) is 1. The standard InChI is InChI=1S/C16H26N2/c1-12-13(11-17)9-10-18(12)15-8-6-5-7-14(15)16(2,3)4/h5-8,12-13H,9-11,17H2,1-4H3. The maximum Gasteiger partial charge on any atom is 0.0406 e. The van der Waals surface area contributed by atoms with Gasteiger partial charge in [0.1, 0.15) is 0 Å². The molecule has 0 aromatic heterocycles. The van der Waals surface area contributed by atoms with Gasteiger partial charge in [-0.1, -0.05) is 39.0 Å². The van der Waals surface area contributed by atoms with Crippen LogP contribution in [0, 0.1) is 5.92 Å². The summed E-state index contributed by atoms with van der Waals surface area (Å²) in [5, 5.41) is 0. The van der Waals surface area contributed by atoms with E-state index in [4.69, 9.17) is 5.73 Å². The average Bonchev–Trinajstić information content (AvgIpc) is 2.69. The summed E-state index contributed by atoms with van der Waals surface area (Å²) in [6.45, 7) is 11.1. The van der Waals surface area contributed by atoms with Crippen molar-refractivity contribution in [3.63, 3.8) is 0 Å². The second-order valence-corrected chi connectivity index (χ2v) is 6.49. The summed E-state index contributed by atoms with van der Waals surface area (Å²) in [6.07, 6.45) is 1.22. The molecule has 0 aliphatic carbocycles. The molecule has 100 valence electrons. The molecule has 2 atom stereocenters. The van der Waals surface area contributed by atoms with Gasteiger partial charge < -0.3 is 10.6 Å². The number of benzene rings is 1. The Bertz CT molecular complexity index is 406. The highest BCUT2D eigenvalue weighted by Crippen LogP contribution is 2.36. The van der Waals surface area contributed by atoms with Crippen LogP contribution in [0.2, 0.25) is 0 Å². The van der Waals surface area contributed by atoms with Gasteiger partial charge in [-0.05, 0) is 42.9 Å². The van der Waals surface area contributed by atoms with Crippen LogP contribution in [0.5, 0.6) is 0 Å². The highest BCUT2D eigenvalue weighted by molar-refractivity contribution is 5.57. The lowest BCUT2D eigenvalue weighted by molar-refractivity contribution is 0.506. The Morgan fingerprint density at radius 2 is 1.94 bits per heavy atom. The van der Waals surface area contributed by atoms with Crippen molar-refractivity contribution in [2.45, 2.75) is 45.6 Å². The summed E-state index contributed by atoms with van der Waals surface area (Å²) in [6, 6.07) is 9.37. The van der Waals surface area contributed by atoms with Crippen LogP contribution in [-0.2, 0) is 5.41 Å². The summed E-state index contributed by atoms with van der Waals surface area (Å²) in [5.41, 5.74) is 8.89. The van der Waals surface area contributed by atoms with Gasteiger partial charge >= 0.3 is 0 Å². The summed E-state index contributed by atoms with van der Waals surface area (Å²) < 4.78 is 0. The van der Waals surface area contributed by atoms with Gasteiger partial charge in [-0.25, -0.2) is 0 Å². The van der Waals surface area contributed by atoms with E-state index in [1.807, 2.05) is 0 Å². The Balaban J connectivity index is 2.35. The maximum atomic E-state index is 5.86. The fourth-order valence-corrected chi connectivity index (χ4v) is 3.02. The first-order valence-corrected chi connectivity index (χ1v) is 7.01. The first-order chi connectivity index (χ1) is 8.45. The molecule has 1 heterocycles. The fourth-order valence-electron chi connectivity index (χ4n) is 3.02. The molecule has 1 fully saturated rings. The number of hydrogen-bond acceptors (Lipinski definition) is 2. The third-order valence-electron chi connectivity index (χ3n) is 4.24. The topological polar surface area (TPSA) is 29.3 Å². The minimum atomic E-state index is 0.192. The van der Waals surface area contributed by atoms with E-state index in [-0.39, 0.29) is 5.41 Å². The normalized spacial score (nSPS) is 24.6. The lowest BCUT2D eigenvalue weighted by atomic mass is 9.85. The molecule has 1 saturated heterocycles. The average molecular weight is 246 g/mol. The number of anilines is 1. The van der Waals surface area contributed by atoms with Crippen LogP contribution in [0.3, 0.4) is 0 Å². The van der Waals surface area contributed by atoms with Gasteiger partial charge in [-0.3, -0.25) is 0 Å². The zero-order valence-corrected chi connectivity index (χ0v) is 12.1. The summed E-state index contributed by atoms with van der Waals surface area (Å²) >= 11 is 0. The largest absolute Gasteiger partial charge is 0.368 e. The Morgan fingerprint density at radius 3 is 2.50 bits per heavy atom. The first-order valence-electron chi connectivity index (χ1n) is 7.01. The van der Waals surface area contributed by atoms with Crippen molar-refractivity contribution in [2.75, 3.05) is 18.0 Å². The Morgan fingerprint density at radius 1 is 1.28 bits per heavy atom. The molecule has 0 radical (unpaired) electrons. The molecule has 0 amide bonds. The van der Waals surface area contributed by atoms with Gasteiger partial charge in [0.05, 0.1) is 0 Å². The van der Waals surface area contributed by atoms with E-state index in [1.54, 1.807) is 0 Å². The molecule has 1 aliphatic rings. The molecule has 2 rings (SSSR count). The van der Waals surface area contributed by atoms with Crippen LogP contribution in [0.15, 0.2) is 24.3 Å². The van der Waals surface area contributed by atoms with E-state index >= 15 is 0 Å². The minimum absolute atomic E-state index is 0.192. The molecule has 1 aromatic carbocycles. The zero-order valence-electron chi connectivity index (χ0n) is 12.1. The van der Waals surface area contributed by atoms with Crippen molar-refractivity contribution in [1.82, 2.24) is 0 Å². The van der Waals surface area contributed by atoms with Crippen molar-refractivity contribution >= 4 is 5.69 Å². The summed E-state index contributed by atoms with van der Waals surface area (Å²) in [7, 11) is 0. The lowest BCUT2D eigenvalue weighted by Crippen LogP contribution is -2.34. The molecular formula is C16H26N2. The monoisotopic (exact) mass is 246 g/mol. The lowest BCUT2D eigenvalue weighted by Gasteiger charge is -2.32. The van der Waals surface area contributed by atoms with Crippen LogP contribution >= 0.6 is 0 Å². The SMILES string of the molecule is CC1C(CN)CCN1c1ccccc1C(C)(C)C. The smallest absolute Gasteiger partial charge is 0.0406 e. The molecule has 2 nitrogen and oxygen atoms in total. The van der Waals surface area contributed by atoms with Crippen LogP contribution in [0.4, 0.5) is 5.69 Å². The van der Waals surface area contributed by atoms with Crippen molar-refractivity contribution in [3.05, 3.63) is 29.8 Å².